The minimum Gasteiger partial charge on any atom is -1.00 e. The third-order valence-corrected chi connectivity index (χ3v) is 4.29. The van der Waals surface area contributed by atoms with Crippen LogP contribution in [-0.2, 0) is 4.74 Å². The number of benzene rings is 1. The Morgan fingerprint density at radius 1 is 1.10 bits per heavy atom. The van der Waals surface area contributed by atoms with Crippen LogP contribution >= 0.6 is 0 Å². The summed E-state index contributed by atoms with van der Waals surface area (Å²) in [5.41, 5.74) is 1.06. The summed E-state index contributed by atoms with van der Waals surface area (Å²) < 4.78 is 6.22. The molecule has 1 saturated heterocycles. The van der Waals surface area contributed by atoms with Gasteiger partial charge in [-0.1, -0.05) is 12.1 Å². The lowest BCUT2D eigenvalue weighted by atomic mass is 10.1. The van der Waals surface area contributed by atoms with Gasteiger partial charge in [0.2, 0.25) is 0 Å². The molecule has 0 aliphatic carbocycles. The molecule has 0 atom stereocenters. The van der Waals surface area contributed by atoms with E-state index in [4.69, 9.17) is 4.74 Å². The zero-order valence-electron chi connectivity index (χ0n) is 12.0. The number of ether oxygens (including phenoxy) is 1. The highest BCUT2D eigenvalue weighted by Crippen LogP contribution is 2.22. The Morgan fingerprint density at radius 2 is 1.62 bits per heavy atom. The summed E-state index contributed by atoms with van der Waals surface area (Å²) in [6, 6.07) is 7.04. The van der Waals surface area contributed by atoms with Crippen molar-refractivity contribution in [2.75, 3.05) is 46.4 Å². The first kappa shape index (κ1) is 16.4. The Balaban J connectivity index is 0.00000161. The zero-order chi connectivity index (χ0) is 14.2. The molecule has 1 aromatic carbocycles. The van der Waals surface area contributed by atoms with Crippen LogP contribution < -0.4 is 24.0 Å². The van der Waals surface area contributed by atoms with Gasteiger partial charge >= 0.3 is 0 Å². The molecule has 2 heterocycles. The Kier molecular flexibility index (Phi) is 5.00. The summed E-state index contributed by atoms with van der Waals surface area (Å²) in [4.78, 5) is 25.9. The lowest BCUT2D eigenvalue weighted by Gasteiger charge is -2.38. The minimum atomic E-state index is -0.162. The second kappa shape index (κ2) is 6.41. The molecule has 0 N–H and O–H groups in total. The summed E-state index contributed by atoms with van der Waals surface area (Å²) in [5, 5.41) is 0. The van der Waals surface area contributed by atoms with Crippen LogP contribution in [0.4, 0.5) is 0 Å². The van der Waals surface area contributed by atoms with Crippen LogP contribution in [-0.4, -0.2) is 67.6 Å². The van der Waals surface area contributed by atoms with Crippen molar-refractivity contribution in [3.8, 4) is 0 Å². The molecule has 2 aliphatic rings. The quantitative estimate of drug-likeness (QED) is 0.327. The van der Waals surface area contributed by atoms with Crippen molar-refractivity contribution in [3.05, 3.63) is 35.4 Å². The predicted octanol–water partition coefficient (Wildman–Crippen LogP) is -2.24. The van der Waals surface area contributed by atoms with E-state index >= 15 is 0 Å². The van der Waals surface area contributed by atoms with E-state index < -0.39 is 0 Å². The van der Waals surface area contributed by atoms with E-state index in [1.165, 1.54) is 4.90 Å². The number of amides is 2. The van der Waals surface area contributed by atoms with Crippen molar-refractivity contribution in [1.29, 1.82) is 0 Å². The molecule has 0 bridgehead atoms. The van der Waals surface area contributed by atoms with E-state index in [9.17, 15) is 9.59 Å². The standard InChI is InChI=1S/C15H19N2O3.HI/c1-17(8-10-20-11-9-17)7-6-16-14(18)12-4-2-3-5-13(12)15(16)19;/h2-5H,6-11H2,1H3;1H/q+1;/p-1. The van der Waals surface area contributed by atoms with Gasteiger partial charge in [0.1, 0.15) is 13.1 Å². The minimum absolute atomic E-state index is 0. The van der Waals surface area contributed by atoms with E-state index in [0.29, 0.717) is 17.7 Å². The van der Waals surface area contributed by atoms with Gasteiger partial charge in [0.05, 0.1) is 44.5 Å². The number of hydrogen-bond donors (Lipinski definition) is 0. The van der Waals surface area contributed by atoms with Crippen LogP contribution in [0.2, 0.25) is 0 Å². The first-order valence-corrected chi connectivity index (χ1v) is 6.97. The largest absolute Gasteiger partial charge is 1.00 e. The number of halogens is 1. The zero-order valence-corrected chi connectivity index (χ0v) is 14.2. The maximum absolute atomic E-state index is 12.3. The van der Waals surface area contributed by atoms with Gasteiger partial charge in [-0.25, -0.2) is 0 Å². The van der Waals surface area contributed by atoms with Crippen LogP contribution in [0, 0.1) is 0 Å². The van der Waals surface area contributed by atoms with E-state index in [0.717, 1.165) is 37.3 Å². The van der Waals surface area contributed by atoms with Gasteiger partial charge in [0, 0.05) is 0 Å². The molecule has 1 fully saturated rings. The van der Waals surface area contributed by atoms with Gasteiger partial charge in [-0.2, -0.15) is 0 Å². The molecule has 0 aromatic heterocycles. The lowest BCUT2D eigenvalue weighted by Crippen LogP contribution is -3.00. The molecule has 0 spiro atoms. The maximum atomic E-state index is 12.3. The molecule has 1 aromatic rings. The van der Waals surface area contributed by atoms with Gasteiger partial charge in [-0.05, 0) is 12.1 Å². The summed E-state index contributed by atoms with van der Waals surface area (Å²) in [6.07, 6.45) is 0. The topological polar surface area (TPSA) is 46.6 Å². The van der Waals surface area contributed by atoms with Gasteiger partial charge in [-0.15, -0.1) is 0 Å². The molecular weight excluding hydrogens is 383 g/mol. The summed E-state index contributed by atoms with van der Waals surface area (Å²) >= 11 is 0. The molecular formula is C15H19IN2O3. The molecule has 0 unspecified atom stereocenters. The molecule has 5 nitrogen and oxygen atoms in total. The van der Waals surface area contributed by atoms with Gasteiger partial charge < -0.3 is 33.2 Å². The monoisotopic (exact) mass is 402 g/mol. The number of carbonyl (C=O) groups is 2. The van der Waals surface area contributed by atoms with Crippen molar-refractivity contribution in [2.45, 2.75) is 0 Å². The van der Waals surface area contributed by atoms with E-state index in [1.54, 1.807) is 24.3 Å². The van der Waals surface area contributed by atoms with Crippen molar-refractivity contribution < 1.29 is 42.8 Å². The van der Waals surface area contributed by atoms with Crippen LogP contribution in [0.1, 0.15) is 20.7 Å². The highest BCUT2D eigenvalue weighted by molar-refractivity contribution is 6.21. The average molecular weight is 402 g/mol. The summed E-state index contributed by atoms with van der Waals surface area (Å²) in [6.45, 7) is 4.63. The number of fused-ring (bicyclic) bond motifs is 1. The van der Waals surface area contributed by atoms with Crippen molar-refractivity contribution in [2.24, 2.45) is 0 Å². The van der Waals surface area contributed by atoms with Crippen LogP contribution in [0.5, 0.6) is 0 Å². The lowest BCUT2D eigenvalue weighted by molar-refractivity contribution is -0.916. The summed E-state index contributed by atoms with van der Waals surface area (Å²) in [7, 11) is 2.15. The number of likely N-dealkylation sites (N-methyl/N-ethyl adjacent to an activating group) is 1. The molecule has 2 aliphatic heterocycles. The number of quaternary nitrogens is 1. The van der Waals surface area contributed by atoms with Crippen LogP contribution in [0.25, 0.3) is 0 Å². The molecule has 6 heteroatoms. The second-order valence-corrected chi connectivity index (χ2v) is 5.71. The van der Waals surface area contributed by atoms with Gasteiger partial charge in [0.15, 0.2) is 0 Å². The van der Waals surface area contributed by atoms with E-state index in [1.807, 2.05) is 0 Å². The van der Waals surface area contributed by atoms with Crippen LogP contribution in [0.15, 0.2) is 24.3 Å². The molecule has 0 saturated carbocycles. The van der Waals surface area contributed by atoms with Gasteiger partial charge in [-0.3, -0.25) is 14.5 Å². The average Bonchev–Trinajstić information content (AvgIpc) is 2.70. The van der Waals surface area contributed by atoms with E-state index in [2.05, 4.69) is 7.05 Å². The maximum Gasteiger partial charge on any atom is 0.261 e. The fourth-order valence-corrected chi connectivity index (χ4v) is 2.79. The highest BCUT2D eigenvalue weighted by atomic mass is 127. The first-order chi connectivity index (χ1) is 9.61. The van der Waals surface area contributed by atoms with Gasteiger partial charge in [0.25, 0.3) is 11.8 Å². The molecule has 0 radical (unpaired) electrons. The third-order valence-electron chi connectivity index (χ3n) is 4.29. The Hall–Kier alpha value is -0.990. The molecule has 114 valence electrons. The predicted molar refractivity (Wildman–Crippen MR) is 73.4 cm³/mol. The number of imide groups is 1. The number of morpholine rings is 1. The van der Waals surface area contributed by atoms with Crippen LogP contribution in [0.3, 0.4) is 0 Å². The molecule has 21 heavy (non-hydrogen) atoms. The second-order valence-electron chi connectivity index (χ2n) is 5.71. The Bertz CT molecular complexity index is 521. The highest BCUT2D eigenvalue weighted by Gasteiger charge is 2.36. The third kappa shape index (κ3) is 3.12. The number of carbonyl (C=O) groups excluding carboxylic acids is 2. The Morgan fingerprint density at radius 3 is 2.14 bits per heavy atom. The Labute approximate surface area is 141 Å². The van der Waals surface area contributed by atoms with Crippen molar-refractivity contribution in [1.82, 2.24) is 4.90 Å². The smallest absolute Gasteiger partial charge is 0.261 e. The van der Waals surface area contributed by atoms with Crippen molar-refractivity contribution >= 4 is 11.8 Å². The van der Waals surface area contributed by atoms with E-state index in [-0.39, 0.29) is 35.8 Å². The number of nitrogens with zero attached hydrogens (tertiary/aromatic N) is 2. The first-order valence-electron chi connectivity index (χ1n) is 6.97. The fraction of sp³-hybridized carbons (Fsp3) is 0.467. The number of rotatable bonds is 3. The summed E-state index contributed by atoms with van der Waals surface area (Å²) in [5.74, 6) is -0.323. The fourth-order valence-electron chi connectivity index (χ4n) is 2.79. The normalized spacial score (nSPS) is 20.1. The SMILES string of the molecule is C[N+]1(CCN2C(=O)c3ccccc3C2=O)CCOCC1.[I-]. The van der Waals surface area contributed by atoms with Crippen molar-refractivity contribution in [3.63, 3.8) is 0 Å². The molecule has 3 rings (SSSR count). The molecule has 2 amide bonds. The number of hydrogen-bond acceptors (Lipinski definition) is 3.